The molecule has 0 radical (unpaired) electrons. The molecule has 0 aromatic heterocycles. The molecule has 2 atom stereocenters. The van der Waals surface area contributed by atoms with Crippen molar-refractivity contribution in [2.24, 2.45) is 11.7 Å². The van der Waals surface area contributed by atoms with Crippen LogP contribution in [-0.4, -0.2) is 11.8 Å². The molecule has 0 saturated heterocycles. The molecule has 1 aliphatic rings. The van der Waals surface area contributed by atoms with Gasteiger partial charge in [-0.1, -0.05) is 38.0 Å². The lowest BCUT2D eigenvalue weighted by Gasteiger charge is -2.26. The second-order valence-electron chi connectivity index (χ2n) is 6.43. The van der Waals surface area contributed by atoms with Crippen LogP contribution >= 0.6 is 0 Å². The van der Waals surface area contributed by atoms with Gasteiger partial charge in [-0.25, -0.2) is 0 Å². The zero-order valence-electron chi connectivity index (χ0n) is 12.8. The average molecular weight is 273 g/mol. The molecule has 1 saturated carbocycles. The molecule has 0 amide bonds. The van der Waals surface area contributed by atoms with E-state index in [4.69, 9.17) is 5.73 Å². The molecule has 1 fully saturated rings. The third-order valence-corrected chi connectivity index (χ3v) is 4.49. The molecule has 1 aromatic rings. The van der Waals surface area contributed by atoms with E-state index in [0.717, 1.165) is 24.8 Å². The van der Waals surface area contributed by atoms with E-state index < -0.39 is 0 Å². The fourth-order valence-corrected chi connectivity index (χ4v) is 2.85. The second kappa shape index (κ2) is 7.03. The Labute approximate surface area is 122 Å². The van der Waals surface area contributed by atoms with E-state index in [1.54, 1.807) is 0 Å². The topological polar surface area (TPSA) is 43.1 Å². The molecule has 2 nitrogen and oxygen atoms in total. The molecular weight excluding hydrogens is 246 g/mol. The Balaban J connectivity index is 1.93. The second-order valence-corrected chi connectivity index (χ2v) is 6.43. The van der Waals surface area contributed by atoms with Gasteiger partial charge in [0.25, 0.3) is 0 Å². The molecule has 2 N–H and O–H groups in total. The summed E-state index contributed by atoms with van der Waals surface area (Å²) in [4.78, 5) is 12.5. The van der Waals surface area contributed by atoms with Crippen LogP contribution in [0.5, 0.6) is 0 Å². The normalized spacial score (nSPS) is 18.4. The minimum atomic E-state index is 0.102. The van der Waals surface area contributed by atoms with E-state index in [1.165, 1.54) is 24.8 Å². The van der Waals surface area contributed by atoms with Crippen molar-refractivity contribution in [1.82, 2.24) is 0 Å². The Morgan fingerprint density at radius 2 is 2.05 bits per heavy atom. The molecule has 0 aliphatic heterocycles. The van der Waals surface area contributed by atoms with E-state index in [0.29, 0.717) is 5.92 Å². The number of carbonyl (C=O) groups excluding carboxylic acids is 1. The van der Waals surface area contributed by atoms with Crippen molar-refractivity contribution in [3.05, 3.63) is 35.4 Å². The summed E-state index contributed by atoms with van der Waals surface area (Å²) in [6, 6.07) is 8.52. The standard InChI is InChI=1S/C18H27NO/c1-13(6-3-7-14(2)19)18(20)17-11-5-10-16(12-17)15-8-4-9-15/h5,10-15H,3-4,6-9,19H2,1-2H3. The summed E-state index contributed by atoms with van der Waals surface area (Å²) in [6.45, 7) is 4.06. The molecule has 110 valence electrons. The molecule has 20 heavy (non-hydrogen) atoms. The first-order valence-electron chi connectivity index (χ1n) is 7.97. The van der Waals surface area contributed by atoms with Crippen LogP contribution in [0.3, 0.4) is 0 Å². The molecule has 2 heteroatoms. The predicted octanol–water partition coefficient (Wildman–Crippen LogP) is 4.29. The fourth-order valence-electron chi connectivity index (χ4n) is 2.85. The number of hydrogen-bond donors (Lipinski definition) is 1. The third kappa shape index (κ3) is 3.92. The van der Waals surface area contributed by atoms with Gasteiger partial charge in [0.2, 0.25) is 0 Å². The molecule has 1 aromatic carbocycles. The number of Topliss-reactive ketones (excluding diaryl/α,β-unsaturated/α-hetero) is 1. The fraction of sp³-hybridized carbons (Fsp3) is 0.611. The number of ketones is 1. The summed E-state index contributed by atoms with van der Waals surface area (Å²) in [5.41, 5.74) is 8.00. The highest BCUT2D eigenvalue weighted by Crippen LogP contribution is 2.36. The monoisotopic (exact) mass is 273 g/mol. The van der Waals surface area contributed by atoms with Crippen LogP contribution in [0.4, 0.5) is 0 Å². The highest BCUT2D eigenvalue weighted by atomic mass is 16.1. The van der Waals surface area contributed by atoms with E-state index >= 15 is 0 Å². The maximum Gasteiger partial charge on any atom is 0.165 e. The Kier molecular flexibility index (Phi) is 5.36. The lowest BCUT2D eigenvalue weighted by Crippen LogP contribution is -2.17. The minimum Gasteiger partial charge on any atom is -0.328 e. The first-order valence-corrected chi connectivity index (χ1v) is 7.97. The molecule has 0 spiro atoms. The van der Waals surface area contributed by atoms with E-state index in [2.05, 4.69) is 12.1 Å². The van der Waals surface area contributed by atoms with Gasteiger partial charge in [0.15, 0.2) is 5.78 Å². The Morgan fingerprint density at radius 3 is 2.65 bits per heavy atom. The lowest BCUT2D eigenvalue weighted by molar-refractivity contribution is 0.0922. The molecule has 1 aliphatic carbocycles. The number of nitrogens with two attached hydrogens (primary N) is 1. The van der Waals surface area contributed by atoms with Crippen molar-refractivity contribution in [3.63, 3.8) is 0 Å². The van der Waals surface area contributed by atoms with Crippen LogP contribution in [0.15, 0.2) is 24.3 Å². The van der Waals surface area contributed by atoms with Gasteiger partial charge in [-0.3, -0.25) is 4.79 Å². The summed E-state index contributed by atoms with van der Waals surface area (Å²) >= 11 is 0. The predicted molar refractivity (Wildman–Crippen MR) is 84.0 cm³/mol. The van der Waals surface area contributed by atoms with Crippen molar-refractivity contribution < 1.29 is 4.79 Å². The third-order valence-electron chi connectivity index (χ3n) is 4.49. The molecular formula is C18H27NO. The zero-order valence-corrected chi connectivity index (χ0v) is 12.8. The van der Waals surface area contributed by atoms with Crippen LogP contribution in [0.25, 0.3) is 0 Å². The molecule has 0 heterocycles. The Morgan fingerprint density at radius 1 is 1.30 bits per heavy atom. The Bertz CT molecular complexity index is 448. The van der Waals surface area contributed by atoms with Crippen LogP contribution in [0.1, 0.15) is 74.2 Å². The Hall–Kier alpha value is -1.15. The zero-order chi connectivity index (χ0) is 14.5. The summed E-state index contributed by atoms with van der Waals surface area (Å²) in [7, 11) is 0. The van der Waals surface area contributed by atoms with Crippen LogP contribution in [0, 0.1) is 5.92 Å². The van der Waals surface area contributed by atoms with Crippen molar-refractivity contribution in [2.75, 3.05) is 0 Å². The van der Waals surface area contributed by atoms with Gasteiger partial charge in [-0.15, -0.1) is 0 Å². The highest BCUT2D eigenvalue weighted by Gasteiger charge is 2.21. The van der Waals surface area contributed by atoms with E-state index in [-0.39, 0.29) is 17.7 Å². The minimum absolute atomic E-state index is 0.102. The molecule has 0 bridgehead atoms. The number of rotatable bonds is 7. The van der Waals surface area contributed by atoms with Crippen molar-refractivity contribution in [3.8, 4) is 0 Å². The van der Waals surface area contributed by atoms with E-state index in [9.17, 15) is 4.79 Å². The van der Waals surface area contributed by atoms with Gasteiger partial charge in [-0.2, -0.15) is 0 Å². The van der Waals surface area contributed by atoms with Gasteiger partial charge < -0.3 is 5.73 Å². The van der Waals surface area contributed by atoms with Gasteiger partial charge in [0.05, 0.1) is 0 Å². The number of carbonyl (C=O) groups is 1. The maximum absolute atomic E-state index is 12.5. The van der Waals surface area contributed by atoms with Crippen LogP contribution < -0.4 is 5.73 Å². The van der Waals surface area contributed by atoms with Crippen molar-refractivity contribution in [1.29, 1.82) is 0 Å². The number of hydrogen-bond acceptors (Lipinski definition) is 2. The van der Waals surface area contributed by atoms with Crippen LogP contribution in [0.2, 0.25) is 0 Å². The summed E-state index contributed by atoms with van der Waals surface area (Å²) in [5, 5.41) is 0. The van der Waals surface area contributed by atoms with Crippen molar-refractivity contribution in [2.45, 2.75) is 64.3 Å². The average Bonchev–Trinajstić information content (AvgIpc) is 2.35. The SMILES string of the molecule is CC(N)CCCC(C)C(=O)c1cccc(C2CCC2)c1. The summed E-state index contributed by atoms with van der Waals surface area (Å²) in [6.07, 6.45) is 6.86. The summed E-state index contributed by atoms with van der Waals surface area (Å²) < 4.78 is 0. The van der Waals surface area contributed by atoms with Gasteiger partial charge in [-0.05, 0) is 50.2 Å². The molecule has 2 rings (SSSR count). The largest absolute Gasteiger partial charge is 0.328 e. The van der Waals surface area contributed by atoms with Crippen LogP contribution in [-0.2, 0) is 0 Å². The summed E-state index contributed by atoms with van der Waals surface area (Å²) in [5.74, 6) is 1.08. The van der Waals surface area contributed by atoms with Gasteiger partial charge >= 0.3 is 0 Å². The number of benzene rings is 1. The highest BCUT2D eigenvalue weighted by molar-refractivity contribution is 5.97. The lowest BCUT2D eigenvalue weighted by atomic mass is 9.79. The van der Waals surface area contributed by atoms with Gasteiger partial charge in [0.1, 0.15) is 0 Å². The van der Waals surface area contributed by atoms with E-state index in [1.807, 2.05) is 26.0 Å². The van der Waals surface area contributed by atoms with Gasteiger partial charge in [0, 0.05) is 17.5 Å². The quantitative estimate of drug-likeness (QED) is 0.753. The molecule has 2 unspecified atom stereocenters. The first-order chi connectivity index (χ1) is 9.58. The van der Waals surface area contributed by atoms with Crippen molar-refractivity contribution >= 4 is 5.78 Å². The smallest absolute Gasteiger partial charge is 0.165 e. The maximum atomic E-state index is 12.5. The first kappa shape index (κ1) is 15.2.